The number of cyclic esters (lactones) is 1. The van der Waals surface area contributed by atoms with E-state index in [1.165, 1.54) is 46.3 Å². The number of esters is 8. The Balaban J connectivity index is 1.81. The summed E-state index contributed by atoms with van der Waals surface area (Å²) in [5, 5.41) is 13.9. The smallest absolute Gasteiger partial charge is 0.340 e. The molecule has 4 bridgehead atoms. The summed E-state index contributed by atoms with van der Waals surface area (Å²) in [7, 11) is 1.35. The summed E-state index contributed by atoms with van der Waals surface area (Å²) in [6.45, 7) is 10.8. The van der Waals surface area contributed by atoms with Crippen molar-refractivity contribution in [3.05, 3.63) is 63.8 Å². The molecule has 2 aromatic rings. The minimum absolute atomic E-state index is 0.0715. The van der Waals surface area contributed by atoms with Crippen molar-refractivity contribution in [2.24, 2.45) is 30.2 Å². The molecule has 1 saturated heterocycles. The number of carbonyl (C=O) groups excluding carboxylic acids is 8. The van der Waals surface area contributed by atoms with E-state index in [4.69, 9.17) is 42.6 Å². The maximum Gasteiger partial charge on any atom is 0.340 e. The monoisotopic (exact) mass is 940 g/mol. The number of aromatic nitrogens is 2. The maximum atomic E-state index is 14.8. The summed E-state index contributed by atoms with van der Waals surface area (Å²) < 4.78 is 57.3. The van der Waals surface area contributed by atoms with Gasteiger partial charge in [0.2, 0.25) is 5.56 Å². The second kappa shape index (κ2) is 18.5. The van der Waals surface area contributed by atoms with Crippen molar-refractivity contribution in [2.45, 2.75) is 135 Å². The number of pyridine rings is 2. The van der Waals surface area contributed by atoms with Crippen LogP contribution < -0.4 is 5.56 Å². The highest BCUT2D eigenvalue weighted by Crippen LogP contribution is 2.70. The fraction of sp³-hybridized carbons (Fsp3) is 0.609. The minimum atomic E-state index is -2.94. The number of aryl methyl sites for hydroxylation is 1. The van der Waals surface area contributed by atoms with Gasteiger partial charge >= 0.3 is 47.8 Å². The first-order valence-electron chi connectivity index (χ1n) is 21.8. The standard InChI is InChI=1S/C46H56N2O19/c1-12-21(2)39(54)60-20-45-37(63-26(7)51)33(61-24(5)49)32-35(62-25(6)50)46(45)44(10,58)36(34(38(45)64-27(8)52)65-41(56)28-13-14-31(53)48(11)18-28)66-40(55)23(4)22(3)29-15-16-47-17-30(29)42(57)59-19-43(32,9)67-46/h13-18,21-23,32-38,58H,12,19-20H2,1-11H3. The molecule has 2 aliphatic heterocycles. The predicted molar refractivity (Wildman–Crippen MR) is 224 cm³/mol. The van der Waals surface area contributed by atoms with Gasteiger partial charge in [-0.3, -0.25) is 38.5 Å². The SMILES string of the molecule is CCC(C)C(=O)OCC12C(OC(C)=O)C(OC(C)=O)C3C(OC(C)=O)C14OC3(C)COC(=O)c1cnccc1C(C)C(C)C(=O)OC(C(OC(=O)c1ccc(=O)n(C)c1)C2OC(C)=O)C4(C)O. The Hall–Kier alpha value is -6.22. The summed E-state index contributed by atoms with van der Waals surface area (Å²) in [4.78, 5) is 128. The lowest BCUT2D eigenvalue weighted by Crippen LogP contribution is -2.89. The summed E-state index contributed by atoms with van der Waals surface area (Å²) in [6, 6.07) is 3.68. The Labute approximate surface area is 385 Å². The molecule has 2 aromatic heterocycles. The Morgan fingerprint density at radius 2 is 1.45 bits per heavy atom. The number of hydrogen-bond acceptors (Lipinski definition) is 20. The van der Waals surface area contributed by atoms with Crippen LogP contribution in [0.4, 0.5) is 0 Å². The highest BCUT2D eigenvalue weighted by Gasteiger charge is 2.92. The van der Waals surface area contributed by atoms with Crippen LogP contribution in [0.3, 0.4) is 0 Å². The number of rotatable bonds is 10. The maximum absolute atomic E-state index is 14.8. The molecule has 4 heterocycles. The third kappa shape index (κ3) is 8.44. The second-order valence-electron chi connectivity index (χ2n) is 18.2. The van der Waals surface area contributed by atoms with Crippen LogP contribution >= 0.6 is 0 Å². The Morgan fingerprint density at radius 3 is 2.03 bits per heavy atom. The zero-order valence-electron chi connectivity index (χ0n) is 39.0. The largest absolute Gasteiger partial charge is 0.464 e. The predicted octanol–water partition coefficient (Wildman–Crippen LogP) is 2.05. The molecule has 21 nitrogen and oxygen atoms in total. The lowest BCUT2D eigenvalue weighted by Gasteiger charge is -2.67. The molecular weight excluding hydrogens is 885 g/mol. The Kier molecular flexibility index (Phi) is 13.8. The first kappa shape index (κ1) is 50.2. The van der Waals surface area contributed by atoms with Crippen molar-refractivity contribution in [3.8, 4) is 0 Å². The summed E-state index contributed by atoms with van der Waals surface area (Å²) in [5.41, 5.74) is -11.2. The molecule has 67 heavy (non-hydrogen) atoms. The molecule has 21 heteroatoms. The van der Waals surface area contributed by atoms with Gasteiger partial charge in [0, 0.05) is 59.4 Å². The lowest BCUT2D eigenvalue weighted by molar-refractivity contribution is -0.386. The van der Waals surface area contributed by atoms with E-state index in [0.29, 0.717) is 0 Å². The molecular formula is C46H56N2O19. The van der Waals surface area contributed by atoms with Crippen molar-refractivity contribution in [3.63, 3.8) is 0 Å². The highest BCUT2D eigenvalue weighted by atomic mass is 16.7. The molecule has 0 aromatic carbocycles. The molecule has 4 aliphatic rings. The number of ether oxygens (including phenoxy) is 9. The fourth-order valence-corrected chi connectivity index (χ4v) is 10.3. The highest BCUT2D eigenvalue weighted by molar-refractivity contribution is 5.91. The van der Waals surface area contributed by atoms with Gasteiger partial charge < -0.3 is 52.3 Å². The molecule has 3 fully saturated rings. The quantitative estimate of drug-likeness (QED) is 0.264. The Bertz CT molecular complexity index is 2410. The van der Waals surface area contributed by atoms with Crippen LogP contribution in [0.1, 0.15) is 108 Å². The topological polar surface area (TPSA) is 275 Å². The molecule has 0 radical (unpaired) electrons. The van der Waals surface area contributed by atoms with E-state index in [2.05, 4.69) is 4.98 Å². The van der Waals surface area contributed by atoms with Gasteiger partial charge in [-0.2, -0.15) is 0 Å². The zero-order chi connectivity index (χ0) is 49.7. The van der Waals surface area contributed by atoms with Crippen LogP contribution in [0, 0.1) is 23.2 Å². The third-order valence-corrected chi connectivity index (χ3v) is 13.7. The van der Waals surface area contributed by atoms with E-state index < -0.39 is 149 Å². The molecule has 1 N–H and O–H groups in total. The minimum Gasteiger partial charge on any atom is -0.464 e. The van der Waals surface area contributed by atoms with Crippen LogP contribution in [0.15, 0.2) is 41.6 Å². The molecule has 0 amide bonds. The number of carbonyl (C=O) groups is 8. The molecule has 6 rings (SSSR count). The van der Waals surface area contributed by atoms with Gasteiger partial charge in [-0.1, -0.05) is 27.7 Å². The number of hydrogen-bond donors (Lipinski definition) is 1. The number of fused-ring (bicyclic) bond motifs is 5. The summed E-state index contributed by atoms with van der Waals surface area (Å²) in [6.07, 6.45) is -8.67. The molecule has 2 aliphatic carbocycles. The first-order valence-corrected chi connectivity index (χ1v) is 21.8. The van der Waals surface area contributed by atoms with Crippen molar-refractivity contribution >= 4 is 47.8 Å². The molecule has 14 unspecified atom stereocenters. The average molecular weight is 941 g/mol. The van der Waals surface area contributed by atoms with Gasteiger partial charge in [0.05, 0.1) is 28.9 Å². The molecule has 364 valence electrons. The Morgan fingerprint density at radius 1 is 0.851 bits per heavy atom. The van der Waals surface area contributed by atoms with E-state index in [9.17, 15) is 48.3 Å². The van der Waals surface area contributed by atoms with Crippen LogP contribution in [-0.2, 0) is 78.4 Å². The van der Waals surface area contributed by atoms with E-state index in [1.54, 1.807) is 13.8 Å². The zero-order valence-corrected chi connectivity index (χ0v) is 39.0. The van der Waals surface area contributed by atoms with Gasteiger partial charge in [0.15, 0.2) is 30.0 Å². The van der Waals surface area contributed by atoms with Crippen LogP contribution in [-0.4, -0.2) is 129 Å². The number of nitrogens with zero attached hydrogens (tertiary/aromatic N) is 2. The van der Waals surface area contributed by atoms with Gasteiger partial charge in [-0.15, -0.1) is 0 Å². The van der Waals surface area contributed by atoms with E-state index in [0.717, 1.165) is 57.5 Å². The van der Waals surface area contributed by atoms with Crippen LogP contribution in [0.5, 0.6) is 0 Å². The van der Waals surface area contributed by atoms with Crippen molar-refractivity contribution < 1.29 is 86.1 Å². The van der Waals surface area contributed by atoms with Crippen LogP contribution in [0.25, 0.3) is 0 Å². The van der Waals surface area contributed by atoms with Crippen LogP contribution in [0.2, 0.25) is 0 Å². The normalized spacial score (nSPS) is 34.7. The van der Waals surface area contributed by atoms with E-state index in [-0.39, 0.29) is 23.1 Å². The average Bonchev–Trinajstić information content (AvgIpc) is 3.48. The van der Waals surface area contributed by atoms with Crippen molar-refractivity contribution in [1.29, 1.82) is 0 Å². The van der Waals surface area contributed by atoms with E-state index in [1.807, 2.05) is 0 Å². The number of aliphatic hydroxyl groups is 1. The molecule has 14 atom stereocenters. The first-order chi connectivity index (χ1) is 31.3. The van der Waals surface area contributed by atoms with Gasteiger partial charge in [-0.25, -0.2) is 9.59 Å². The summed E-state index contributed by atoms with van der Waals surface area (Å²) >= 11 is 0. The van der Waals surface area contributed by atoms with Gasteiger partial charge in [0.25, 0.3) is 0 Å². The van der Waals surface area contributed by atoms with Gasteiger partial charge in [0.1, 0.15) is 42.0 Å². The van der Waals surface area contributed by atoms with Crippen molar-refractivity contribution in [1.82, 2.24) is 9.55 Å². The second-order valence-corrected chi connectivity index (χ2v) is 18.2. The van der Waals surface area contributed by atoms with Gasteiger partial charge in [-0.05, 0) is 43.9 Å². The van der Waals surface area contributed by atoms with Crippen molar-refractivity contribution in [2.75, 3.05) is 13.2 Å². The lowest BCUT2D eigenvalue weighted by atomic mass is 9.45. The summed E-state index contributed by atoms with van der Waals surface area (Å²) in [5.74, 6) is -12.9. The fourth-order valence-electron chi connectivity index (χ4n) is 10.3. The molecule has 1 spiro atoms. The third-order valence-electron chi connectivity index (χ3n) is 13.7. The molecule has 2 saturated carbocycles. The van der Waals surface area contributed by atoms with E-state index >= 15 is 0 Å².